The van der Waals surface area contributed by atoms with E-state index in [2.05, 4.69) is 9.47 Å². The van der Waals surface area contributed by atoms with Crippen molar-refractivity contribution in [3.8, 4) is 0 Å². The Morgan fingerprint density at radius 1 is 1.06 bits per heavy atom. The third kappa shape index (κ3) is 7.22. The number of benzene rings is 2. The number of aliphatic hydroxyl groups excluding tert-OH is 2. The zero-order chi connectivity index (χ0) is 33.3. The molecule has 2 aliphatic heterocycles. The summed E-state index contributed by atoms with van der Waals surface area (Å²) < 4.78 is 62.7. The number of rotatable bonds is 10. The van der Waals surface area contributed by atoms with Gasteiger partial charge in [0.1, 0.15) is 24.0 Å². The van der Waals surface area contributed by atoms with Crippen molar-refractivity contribution in [2.75, 3.05) is 13.2 Å². The van der Waals surface area contributed by atoms with E-state index < -0.39 is 70.3 Å². The van der Waals surface area contributed by atoms with Crippen molar-refractivity contribution < 1.29 is 60.9 Å². The summed E-state index contributed by atoms with van der Waals surface area (Å²) >= 11 is 0. The first-order valence-corrected chi connectivity index (χ1v) is 16.9. The van der Waals surface area contributed by atoms with Crippen LogP contribution < -0.4 is 11.2 Å². The van der Waals surface area contributed by atoms with E-state index in [1.165, 1.54) is 12.1 Å². The molecule has 18 nitrogen and oxygen atoms in total. The fraction of sp³-hybridized carbons (Fsp3) is 0.333. The summed E-state index contributed by atoms with van der Waals surface area (Å²) in [4.78, 5) is 48.5. The van der Waals surface area contributed by atoms with Crippen LogP contribution in [-0.2, 0) is 43.0 Å². The summed E-state index contributed by atoms with van der Waals surface area (Å²) in [5.41, 5.74) is -0.708. The van der Waals surface area contributed by atoms with E-state index in [1.54, 1.807) is 42.5 Å². The van der Waals surface area contributed by atoms with Crippen LogP contribution in [0.1, 0.15) is 28.7 Å². The summed E-state index contributed by atoms with van der Waals surface area (Å²) in [6.07, 6.45) is -7.05. The van der Waals surface area contributed by atoms with Crippen molar-refractivity contribution in [1.29, 1.82) is 0 Å². The van der Waals surface area contributed by atoms with E-state index in [0.717, 1.165) is 21.4 Å². The van der Waals surface area contributed by atoms with E-state index in [0.29, 0.717) is 16.7 Å². The molecule has 2 aromatic carbocycles. The molecule has 0 saturated carbocycles. The van der Waals surface area contributed by atoms with Gasteiger partial charge in [-0.05, 0) is 24.3 Å². The molecule has 4 heterocycles. The molecule has 250 valence electrons. The summed E-state index contributed by atoms with van der Waals surface area (Å²) in [6, 6.07) is 15.7. The molecule has 2 fully saturated rings. The molecule has 6 rings (SSSR count). The molecule has 47 heavy (non-hydrogen) atoms. The van der Waals surface area contributed by atoms with E-state index in [-0.39, 0.29) is 25.1 Å². The van der Waals surface area contributed by atoms with Gasteiger partial charge in [-0.25, -0.2) is 23.2 Å². The van der Waals surface area contributed by atoms with Gasteiger partial charge >= 0.3 is 27.3 Å². The van der Waals surface area contributed by atoms with Gasteiger partial charge in [-0.3, -0.25) is 23.0 Å². The minimum absolute atomic E-state index is 0.0637. The lowest BCUT2D eigenvalue weighted by molar-refractivity contribution is -0.0931. The van der Waals surface area contributed by atoms with Crippen LogP contribution in [0.3, 0.4) is 0 Å². The van der Waals surface area contributed by atoms with Gasteiger partial charge in [0, 0.05) is 24.1 Å². The van der Waals surface area contributed by atoms with Crippen LogP contribution in [0.4, 0.5) is 0 Å². The number of ether oxygens (including phenoxy) is 2. The highest BCUT2D eigenvalue weighted by Gasteiger charge is 2.48. The molecule has 7 atom stereocenters. The van der Waals surface area contributed by atoms with Gasteiger partial charge in [0.2, 0.25) is 6.29 Å². The number of hydrogen-bond donors (Lipinski definition) is 3. The lowest BCUT2D eigenvalue weighted by Gasteiger charge is -2.29. The molecule has 20 heteroatoms. The van der Waals surface area contributed by atoms with Crippen molar-refractivity contribution in [2.24, 2.45) is 0 Å². The Morgan fingerprint density at radius 3 is 2.60 bits per heavy atom. The predicted molar refractivity (Wildman–Crippen MR) is 156 cm³/mol. The maximum absolute atomic E-state index is 13.3. The van der Waals surface area contributed by atoms with E-state index in [1.807, 2.05) is 0 Å². The van der Waals surface area contributed by atoms with Crippen LogP contribution in [-0.4, -0.2) is 73.2 Å². The molecule has 2 aromatic heterocycles. The largest absolute Gasteiger partial charge is 0.486 e. The maximum Gasteiger partial charge on any atom is 0.486 e. The van der Waals surface area contributed by atoms with Crippen LogP contribution >= 0.6 is 15.6 Å². The number of para-hydroxylation sites is 1. The molecular formula is C27H27N3O15P2. The average molecular weight is 695 g/mol. The quantitative estimate of drug-likeness (QED) is 0.158. The zero-order valence-corrected chi connectivity index (χ0v) is 25.8. The molecule has 2 aliphatic rings. The zero-order valence-electron chi connectivity index (χ0n) is 24.0. The Bertz CT molecular complexity index is 1980. The summed E-state index contributed by atoms with van der Waals surface area (Å²) in [5, 5.41) is 25.8. The van der Waals surface area contributed by atoms with Crippen molar-refractivity contribution >= 4 is 32.6 Å². The van der Waals surface area contributed by atoms with Crippen LogP contribution in [0.2, 0.25) is 0 Å². The predicted octanol–water partition coefficient (Wildman–Crippen LogP) is 1.68. The second-order valence-electron chi connectivity index (χ2n) is 10.3. The highest BCUT2D eigenvalue weighted by atomic mass is 31.3. The monoisotopic (exact) mass is 695 g/mol. The Kier molecular flexibility index (Phi) is 9.42. The van der Waals surface area contributed by atoms with Crippen LogP contribution in [0, 0.1) is 0 Å². The first kappa shape index (κ1) is 33.1. The van der Waals surface area contributed by atoms with Crippen molar-refractivity contribution in [1.82, 2.24) is 14.3 Å². The van der Waals surface area contributed by atoms with Crippen LogP contribution in [0.25, 0.3) is 11.0 Å². The van der Waals surface area contributed by atoms with E-state index in [4.69, 9.17) is 27.6 Å². The number of carbonyl (C=O) groups is 1. The molecule has 4 unspecified atom stereocenters. The number of hydrogen-bond acceptors (Lipinski definition) is 15. The molecular weight excluding hydrogens is 668 g/mol. The summed E-state index contributed by atoms with van der Waals surface area (Å²) in [6.45, 7) is -1.52. The molecule has 0 bridgehead atoms. The third-order valence-electron chi connectivity index (χ3n) is 7.17. The van der Waals surface area contributed by atoms with E-state index in [9.17, 15) is 38.6 Å². The maximum atomic E-state index is 13.3. The summed E-state index contributed by atoms with van der Waals surface area (Å²) in [7, 11) is -10.1. The van der Waals surface area contributed by atoms with Crippen molar-refractivity contribution in [3.05, 3.63) is 99.0 Å². The first-order valence-electron chi connectivity index (χ1n) is 14.0. The number of fused-ring (bicyclic) bond motifs is 1. The lowest BCUT2D eigenvalue weighted by Crippen LogP contribution is -2.43. The normalized spacial score (nSPS) is 27.4. The van der Waals surface area contributed by atoms with Gasteiger partial charge < -0.3 is 29.1 Å². The van der Waals surface area contributed by atoms with Gasteiger partial charge in [0.15, 0.2) is 11.8 Å². The number of aromatic nitrogens is 3. The molecule has 3 N–H and O–H groups in total. The number of phosphoric acid groups is 2. The highest BCUT2D eigenvalue weighted by molar-refractivity contribution is 7.61. The smallest absolute Gasteiger partial charge is 0.431 e. The Labute approximate surface area is 263 Å². The van der Waals surface area contributed by atoms with Crippen LogP contribution in [0.5, 0.6) is 0 Å². The Morgan fingerprint density at radius 2 is 1.81 bits per heavy atom. The van der Waals surface area contributed by atoms with Crippen molar-refractivity contribution in [3.63, 3.8) is 0 Å². The van der Waals surface area contributed by atoms with Gasteiger partial charge in [0.05, 0.1) is 25.3 Å². The molecule has 2 saturated heterocycles. The fourth-order valence-corrected chi connectivity index (χ4v) is 7.56. The number of phosphoric ester groups is 2. The SMILES string of the molecule is O=C(OC1CCOP(=O)(OP(=O)(O)OC[C@H]2O[C@@H](n3ccc(=O)n(Cc4noc5ccccc45)c3=O)C(O)[C@H]2O)O1)c1ccccc1. The standard InChI is InChI=1S/C27H27N3O15P2/c31-21-10-12-29(27(35)30(21)14-18-17-8-4-5-9-19(17)43-28-18)25-24(33)23(32)20(41-25)15-40-46(36,37)45-47(38)39-13-11-22(44-47)42-26(34)16-6-2-1-3-7-16/h1-10,12,20,22-25,32-33H,11,13-15H2,(H,36,37)/t20-,22?,23+,24?,25-,47?/m1/s1. The average Bonchev–Trinajstić information content (AvgIpc) is 3.58. The molecule has 0 aliphatic carbocycles. The summed E-state index contributed by atoms with van der Waals surface area (Å²) in [5.74, 6) is -0.811. The molecule has 0 spiro atoms. The lowest BCUT2D eigenvalue weighted by atomic mass is 10.1. The second-order valence-corrected chi connectivity index (χ2v) is 13.5. The van der Waals surface area contributed by atoms with Gasteiger partial charge in [0.25, 0.3) is 5.56 Å². The van der Waals surface area contributed by atoms with Gasteiger partial charge in [-0.15, -0.1) is 0 Å². The van der Waals surface area contributed by atoms with Gasteiger partial charge in [-0.2, -0.15) is 4.31 Å². The molecule has 0 amide bonds. The first-order chi connectivity index (χ1) is 22.4. The van der Waals surface area contributed by atoms with Gasteiger partial charge in [-0.1, -0.05) is 35.5 Å². The van der Waals surface area contributed by atoms with Crippen LogP contribution in [0.15, 0.2) is 81.0 Å². The number of nitrogens with zero attached hydrogens (tertiary/aromatic N) is 3. The Balaban J connectivity index is 1.10. The number of aliphatic hydroxyl groups is 2. The second kappa shape index (κ2) is 13.4. The molecule has 0 radical (unpaired) electrons. The van der Waals surface area contributed by atoms with Crippen molar-refractivity contribution in [2.45, 2.75) is 43.8 Å². The minimum atomic E-state index is -5.27. The molecule has 4 aromatic rings. The third-order valence-corrected chi connectivity index (χ3v) is 10.3. The fourth-order valence-electron chi connectivity index (χ4n) is 4.86. The topological polar surface area (TPSA) is 237 Å². The number of carbonyl (C=O) groups excluding carboxylic acids is 1. The number of esters is 1. The Hall–Kier alpha value is -3.80. The minimum Gasteiger partial charge on any atom is -0.431 e. The highest BCUT2D eigenvalue weighted by Crippen LogP contribution is 2.65. The van der Waals surface area contributed by atoms with E-state index >= 15 is 0 Å².